The highest BCUT2D eigenvalue weighted by atomic mass is 16.3. The van der Waals surface area contributed by atoms with Crippen LogP contribution in [0.4, 0.5) is 0 Å². The minimum atomic E-state index is -0.100. The lowest BCUT2D eigenvalue weighted by Gasteiger charge is -2.18. The van der Waals surface area contributed by atoms with E-state index in [0.717, 1.165) is 19.3 Å². The molecule has 4 heteroatoms. The molecule has 0 spiro atoms. The third-order valence-corrected chi connectivity index (χ3v) is 3.31. The molecule has 2 unspecified atom stereocenters. The number of carbonyl (C=O) groups excluding carboxylic acids is 1. The maximum atomic E-state index is 11.9. The second-order valence-corrected chi connectivity index (χ2v) is 4.34. The summed E-state index contributed by atoms with van der Waals surface area (Å²) >= 11 is 0. The van der Waals surface area contributed by atoms with Gasteiger partial charge in [0.05, 0.1) is 11.8 Å². The molecule has 0 aliphatic heterocycles. The number of hydrogen-bond acceptors (Lipinski definition) is 3. The van der Waals surface area contributed by atoms with Crippen molar-refractivity contribution in [2.75, 3.05) is 6.61 Å². The Morgan fingerprint density at radius 2 is 2.44 bits per heavy atom. The summed E-state index contributed by atoms with van der Waals surface area (Å²) in [5.74, 6) is 0.740. The number of nitrogens with one attached hydrogen (secondary N) is 1. The summed E-state index contributed by atoms with van der Waals surface area (Å²) in [4.78, 5) is 11.9. The normalized spacial score (nSPS) is 24.6. The zero-order valence-corrected chi connectivity index (χ0v) is 9.40. The first kappa shape index (κ1) is 11.2. The topological polar surface area (TPSA) is 62.5 Å². The number of aliphatic hydroxyl groups is 1. The summed E-state index contributed by atoms with van der Waals surface area (Å²) < 4.78 is 5.09. The van der Waals surface area contributed by atoms with Gasteiger partial charge in [0.2, 0.25) is 0 Å². The molecule has 1 aliphatic rings. The molecule has 2 N–H and O–H groups in total. The van der Waals surface area contributed by atoms with Crippen molar-refractivity contribution in [2.24, 2.45) is 5.92 Å². The van der Waals surface area contributed by atoms with E-state index in [-0.39, 0.29) is 24.5 Å². The molecule has 4 nitrogen and oxygen atoms in total. The standard InChI is InChI=1S/C12H17NO3/c1-8-10(5-6-16-8)12(15)13-11-4-2-3-9(11)7-14/h5-6,9,11,14H,2-4,7H2,1H3,(H,13,15). The zero-order valence-electron chi connectivity index (χ0n) is 9.40. The van der Waals surface area contributed by atoms with E-state index >= 15 is 0 Å². The van der Waals surface area contributed by atoms with Crippen molar-refractivity contribution in [1.82, 2.24) is 5.32 Å². The summed E-state index contributed by atoms with van der Waals surface area (Å²) in [5.41, 5.74) is 0.587. The van der Waals surface area contributed by atoms with Gasteiger partial charge in [0, 0.05) is 18.6 Å². The average Bonchev–Trinajstić information content (AvgIpc) is 2.86. The van der Waals surface area contributed by atoms with Gasteiger partial charge in [-0.25, -0.2) is 0 Å². The predicted molar refractivity (Wildman–Crippen MR) is 59.1 cm³/mol. The van der Waals surface area contributed by atoms with Crippen molar-refractivity contribution in [3.63, 3.8) is 0 Å². The second-order valence-electron chi connectivity index (χ2n) is 4.34. The molecule has 0 aromatic carbocycles. The molecule has 0 saturated heterocycles. The smallest absolute Gasteiger partial charge is 0.255 e. The van der Waals surface area contributed by atoms with E-state index in [9.17, 15) is 4.79 Å². The van der Waals surface area contributed by atoms with Crippen LogP contribution in [0.25, 0.3) is 0 Å². The molecule has 2 atom stereocenters. The van der Waals surface area contributed by atoms with Gasteiger partial charge >= 0.3 is 0 Å². The lowest BCUT2D eigenvalue weighted by atomic mass is 10.0. The maximum Gasteiger partial charge on any atom is 0.255 e. The quantitative estimate of drug-likeness (QED) is 0.815. The first-order valence-corrected chi connectivity index (χ1v) is 5.68. The van der Waals surface area contributed by atoms with Crippen molar-refractivity contribution >= 4 is 5.91 Å². The molecule has 0 bridgehead atoms. The molecule has 2 rings (SSSR count). The highest BCUT2D eigenvalue weighted by Crippen LogP contribution is 2.25. The van der Waals surface area contributed by atoms with Crippen LogP contribution in [0, 0.1) is 12.8 Å². The van der Waals surface area contributed by atoms with Gasteiger partial charge in [-0.2, -0.15) is 0 Å². The van der Waals surface area contributed by atoms with E-state index in [1.165, 1.54) is 6.26 Å². The monoisotopic (exact) mass is 223 g/mol. The maximum absolute atomic E-state index is 11.9. The van der Waals surface area contributed by atoms with Gasteiger partial charge in [-0.05, 0) is 25.8 Å². The molecular weight excluding hydrogens is 206 g/mol. The summed E-state index contributed by atoms with van der Waals surface area (Å²) in [6, 6.07) is 1.78. The lowest BCUT2D eigenvalue weighted by Crippen LogP contribution is -2.38. The Bertz CT molecular complexity index is 372. The molecule has 1 amide bonds. The highest BCUT2D eigenvalue weighted by molar-refractivity contribution is 5.95. The van der Waals surface area contributed by atoms with Crippen molar-refractivity contribution < 1.29 is 14.3 Å². The van der Waals surface area contributed by atoms with Crippen LogP contribution < -0.4 is 5.32 Å². The first-order valence-electron chi connectivity index (χ1n) is 5.68. The van der Waals surface area contributed by atoms with Gasteiger partial charge in [-0.3, -0.25) is 4.79 Å². The Labute approximate surface area is 94.6 Å². The number of amides is 1. The molecular formula is C12H17NO3. The molecule has 1 fully saturated rings. The molecule has 16 heavy (non-hydrogen) atoms. The minimum absolute atomic E-state index is 0.100. The largest absolute Gasteiger partial charge is 0.469 e. The van der Waals surface area contributed by atoms with Crippen LogP contribution in [0.15, 0.2) is 16.7 Å². The number of carbonyl (C=O) groups is 1. The molecule has 1 aromatic rings. The zero-order chi connectivity index (χ0) is 11.5. The van der Waals surface area contributed by atoms with Crippen molar-refractivity contribution in [3.8, 4) is 0 Å². The summed E-state index contributed by atoms with van der Waals surface area (Å²) in [5, 5.41) is 12.1. The van der Waals surface area contributed by atoms with Crippen LogP contribution in [-0.4, -0.2) is 23.7 Å². The summed E-state index contributed by atoms with van der Waals surface area (Å²) in [6.45, 7) is 1.92. The van der Waals surface area contributed by atoms with Crippen molar-refractivity contribution in [3.05, 3.63) is 23.7 Å². The number of furan rings is 1. The van der Waals surface area contributed by atoms with Gasteiger partial charge in [0.15, 0.2) is 0 Å². The number of aryl methyl sites for hydroxylation is 1. The van der Waals surface area contributed by atoms with E-state index in [1.807, 2.05) is 0 Å². The second kappa shape index (κ2) is 4.70. The van der Waals surface area contributed by atoms with Crippen LogP contribution in [0.2, 0.25) is 0 Å². The third kappa shape index (κ3) is 2.11. The minimum Gasteiger partial charge on any atom is -0.469 e. The number of aliphatic hydroxyl groups excluding tert-OH is 1. The predicted octanol–water partition coefficient (Wildman–Crippen LogP) is 1.48. The van der Waals surface area contributed by atoms with Gasteiger partial charge in [0.25, 0.3) is 5.91 Å². The van der Waals surface area contributed by atoms with Gasteiger partial charge < -0.3 is 14.8 Å². The van der Waals surface area contributed by atoms with E-state index in [2.05, 4.69) is 5.32 Å². The molecule has 1 heterocycles. The van der Waals surface area contributed by atoms with Crippen molar-refractivity contribution in [2.45, 2.75) is 32.2 Å². The van der Waals surface area contributed by atoms with Gasteiger partial charge in [-0.1, -0.05) is 6.42 Å². The molecule has 1 saturated carbocycles. The Kier molecular flexibility index (Phi) is 3.29. The van der Waals surface area contributed by atoms with Crippen LogP contribution in [-0.2, 0) is 0 Å². The fourth-order valence-corrected chi connectivity index (χ4v) is 2.31. The van der Waals surface area contributed by atoms with Crippen LogP contribution >= 0.6 is 0 Å². The SMILES string of the molecule is Cc1occc1C(=O)NC1CCCC1CO. The van der Waals surface area contributed by atoms with E-state index in [1.54, 1.807) is 13.0 Å². The van der Waals surface area contributed by atoms with Gasteiger partial charge in [0.1, 0.15) is 5.76 Å². The fraction of sp³-hybridized carbons (Fsp3) is 0.583. The van der Waals surface area contributed by atoms with E-state index in [0.29, 0.717) is 11.3 Å². The van der Waals surface area contributed by atoms with Crippen LogP contribution in [0.1, 0.15) is 35.4 Å². The van der Waals surface area contributed by atoms with Gasteiger partial charge in [-0.15, -0.1) is 0 Å². The molecule has 88 valence electrons. The third-order valence-electron chi connectivity index (χ3n) is 3.31. The Morgan fingerprint density at radius 1 is 1.62 bits per heavy atom. The van der Waals surface area contributed by atoms with E-state index < -0.39 is 0 Å². The number of rotatable bonds is 3. The fourth-order valence-electron chi connectivity index (χ4n) is 2.31. The van der Waals surface area contributed by atoms with E-state index in [4.69, 9.17) is 9.52 Å². The Morgan fingerprint density at radius 3 is 3.06 bits per heavy atom. The first-order chi connectivity index (χ1) is 7.72. The average molecular weight is 223 g/mol. The lowest BCUT2D eigenvalue weighted by molar-refractivity contribution is 0.0914. The molecule has 0 radical (unpaired) electrons. The Balaban J connectivity index is 2.00. The highest BCUT2D eigenvalue weighted by Gasteiger charge is 2.28. The molecule has 1 aromatic heterocycles. The molecule has 1 aliphatic carbocycles. The van der Waals surface area contributed by atoms with Crippen LogP contribution in [0.3, 0.4) is 0 Å². The summed E-state index contributed by atoms with van der Waals surface area (Å²) in [7, 11) is 0. The van der Waals surface area contributed by atoms with Crippen molar-refractivity contribution in [1.29, 1.82) is 0 Å². The van der Waals surface area contributed by atoms with Crippen LogP contribution in [0.5, 0.6) is 0 Å². The number of hydrogen-bond donors (Lipinski definition) is 2. The summed E-state index contributed by atoms with van der Waals surface area (Å²) in [6.07, 6.45) is 4.53. The Hall–Kier alpha value is -1.29.